The number of nitrogens with zero attached hydrogens (tertiary/aromatic N) is 6. The molecule has 41 heavy (non-hydrogen) atoms. The van der Waals surface area contributed by atoms with Crippen molar-refractivity contribution in [2.24, 2.45) is 5.73 Å². The number of aromatic nitrogens is 4. The first kappa shape index (κ1) is 29.3. The summed E-state index contributed by atoms with van der Waals surface area (Å²) >= 11 is 0. The minimum absolute atomic E-state index is 0.118. The molecule has 1 aromatic carbocycles. The van der Waals surface area contributed by atoms with Gasteiger partial charge in [-0.3, -0.25) is 14.5 Å². The zero-order valence-corrected chi connectivity index (χ0v) is 23.3. The number of carbonyl (C=O) groups excluding carboxylic acids is 2. The van der Waals surface area contributed by atoms with E-state index >= 15 is 0 Å². The average Bonchev–Trinajstić information content (AvgIpc) is 2.99. The zero-order valence-electron chi connectivity index (χ0n) is 23.3. The highest BCUT2D eigenvalue weighted by atomic mass is 16.5. The summed E-state index contributed by atoms with van der Waals surface area (Å²) in [5, 5.41) is 9.02. The largest absolute Gasteiger partial charge is 0.497 e. The van der Waals surface area contributed by atoms with Crippen LogP contribution < -0.4 is 36.1 Å². The van der Waals surface area contributed by atoms with Crippen LogP contribution in [0.2, 0.25) is 0 Å². The third-order valence-electron chi connectivity index (χ3n) is 6.50. The molecule has 1 aliphatic heterocycles. The lowest BCUT2D eigenvalue weighted by Gasteiger charge is -2.36. The van der Waals surface area contributed by atoms with E-state index in [1.807, 2.05) is 18.2 Å². The topological polar surface area (TPSA) is 173 Å². The van der Waals surface area contributed by atoms with Gasteiger partial charge in [0.05, 0.1) is 32.0 Å². The van der Waals surface area contributed by atoms with Crippen molar-refractivity contribution in [3.8, 4) is 11.5 Å². The lowest BCUT2D eigenvalue weighted by molar-refractivity contribution is -0.120. The molecule has 0 aliphatic carbocycles. The summed E-state index contributed by atoms with van der Waals surface area (Å²) in [6.07, 6.45) is 3.21. The van der Waals surface area contributed by atoms with E-state index < -0.39 is 5.91 Å². The van der Waals surface area contributed by atoms with Gasteiger partial charge in [0.25, 0.3) is 5.91 Å². The normalized spacial score (nSPS) is 13.4. The average molecular weight is 565 g/mol. The number of methoxy groups -OCH3 is 2. The summed E-state index contributed by atoms with van der Waals surface area (Å²) < 4.78 is 10.9. The first-order valence-corrected chi connectivity index (χ1v) is 13.3. The van der Waals surface area contributed by atoms with Crippen molar-refractivity contribution in [1.29, 1.82) is 0 Å². The van der Waals surface area contributed by atoms with Gasteiger partial charge in [-0.1, -0.05) is 0 Å². The Morgan fingerprint density at radius 2 is 1.63 bits per heavy atom. The predicted octanol–water partition coefficient (Wildman–Crippen LogP) is 0.388. The van der Waals surface area contributed by atoms with Gasteiger partial charge >= 0.3 is 0 Å². The van der Waals surface area contributed by atoms with E-state index in [2.05, 4.69) is 45.7 Å². The van der Waals surface area contributed by atoms with Crippen LogP contribution in [-0.4, -0.2) is 103 Å². The van der Waals surface area contributed by atoms with E-state index in [0.717, 1.165) is 49.9 Å². The Hall–Kier alpha value is -4.72. The quantitative estimate of drug-likeness (QED) is 0.199. The van der Waals surface area contributed by atoms with Crippen LogP contribution in [0.3, 0.4) is 0 Å². The first-order chi connectivity index (χ1) is 19.9. The molecule has 5 N–H and O–H groups in total. The first-order valence-electron chi connectivity index (χ1n) is 13.3. The molecule has 0 unspecified atom stereocenters. The van der Waals surface area contributed by atoms with Crippen LogP contribution in [0.4, 0.5) is 17.6 Å². The lowest BCUT2D eigenvalue weighted by Crippen LogP contribution is -2.47. The van der Waals surface area contributed by atoms with Crippen LogP contribution in [0.5, 0.6) is 11.5 Å². The maximum Gasteiger partial charge on any atom is 0.267 e. The number of ether oxygens (including phenoxy) is 2. The summed E-state index contributed by atoms with van der Waals surface area (Å²) in [6, 6.07) is 9.00. The molecule has 3 heterocycles. The van der Waals surface area contributed by atoms with E-state index in [1.54, 1.807) is 26.5 Å². The maximum absolute atomic E-state index is 12.4. The van der Waals surface area contributed by atoms with Gasteiger partial charge in [0, 0.05) is 70.8 Å². The summed E-state index contributed by atoms with van der Waals surface area (Å²) in [6.45, 7) is 5.85. The number of rotatable bonds is 14. The highest BCUT2D eigenvalue weighted by Crippen LogP contribution is 2.32. The van der Waals surface area contributed by atoms with Crippen LogP contribution in [0.25, 0.3) is 0 Å². The standard InChI is InChI=1S/C27H36N10O4/c1-40-20-3-4-23(41-2)22(18-20)37-15-13-36(14-16-37)12-11-33-26-30-7-5-19(34-26)17-24(38)29-9-10-32-27-31-8-6-21(35-27)25(28)39/h3-8,18H,9-17H2,1-2H3,(H2,28,39)(H,29,38)(H,30,33,34)(H,31,32,35). The monoisotopic (exact) mass is 564 g/mol. The number of anilines is 3. The van der Waals surface area contributed by atoms with Gasteiger partial charge < -0.3 is 36.1 Å². The molecule has 14 nitrogen and oxygen atoms in total. The molecule has 4 rings (SSSR count). The second-order valence-electron chi connectivity index (χ2n) is 9.25. The predicted molar refractivity (Wildman–Crippen MR) is 154 cm³/mol. The van der Waals surface area contributed by atoms with Crippen molar-refractivity contribution < 1.29 is 19.1 Å². The number of primary amides is 1. The Bertz CT molecular complexity index is 1320. The van der Waals surface area contributed by atoms with E-state index in [4.69, 9.17) is 15.2 Å². The van der Waals surface area contributed by atoms with Crippen LogP contribution in [0.15, 0.2) is 42.7 Å². The van der Waals surface area contributed by atoms with Crippen molar-refractivity contribution >= 4 is 29.4 Å². The Labute approximate surface area is 238 Å². The van der Waals surface area contributed by atoms with Crippen molar-refractivity contribution in [3.05, 3.63) is 54.1 Å². The number of hydrogen-bond donors (Lipinski definition) is 4. The number of piperazine rings is 1. The molecule has 1 saturated heterocycles. The van der Waals surface area contributed by atoms with Crippen LogP contribution >= 0.6 is 0 Å². The minimum Gasteiger partial charge on any atom is -0.497 e. The van der Waals surface area contributed by atoms with E-state index in [0.29, 0.717) is 31.3 Å². The number of carbonyl (C=O) groups is 2. The smallest absolute Gasteiger partial charge is 0.267 e. The fourth-order valence-corrected chi connectivity index (χ4v) is 4.35. The van der Waals surface area contributed by atoms with Crippen molar-refractivity contribution in [1.82, 2.24) is 30.2 Å². The molecule has 1 fully saturated rings. The van der Waals surface area contributed by atoms with Gasteiger partial charge in [0.15, 0.2) is 0 Å². The zero-order chi connectivity index (χ0) is 29.0. The van der Waals surface area contributed by atoms with Gasteiger partial charge in [-0.15, -0.1) is 0 Å². The van der Waals surface area contributed by atoms with Gasteiger partial charge in [-0.05, 0) is 24.3 Å². The Morgan fingerprint density at radius 1 is 0.902 bits per heavy atom. The SMILES string of the molecule is COc1ccc(OC)c(N2CCN(CCNc3nccc(CC(=O)NCCNc4nccc(C(N)=O)n4)n3)CC2)c1. The van der Waals surface area contributed by atoms with Gasteiger partial charge in [0.2, 0.25) is 17.8 Å². The fraction of sp³-hybridized carbons (Fsp3) is 0.407. The molecular weight excluding hydrogens is 528 g/mol. The van der Waals surface area contributed by atoms with Crippen molar-refractivity contribution in [2.45, 2.75) is 6.42 Å². The molecule has 0 saturated carbocycles. The number of hydrogen-bond acceptors (Lipinski definition) is 12. The Morgan fingerprint density at radius 3 is 2.37 bits per heavy atom. The molecule has 0 atom stereocenters. The summed E-state index contributed by atoms with van der Waals surface area (Å²) in [4.78, 5) is 45.0. The van der Waals surface area contributed by atoms with Gasteiger partial charge in [-0.2, -0.15) is 0 Å². The highest BCUT2D eigenvalue weighted by Gasteiger charge is 2.20. The third-order valence-corrected chi connectivity index (χ3v) is 6.50. The number of benzene rings is 1. The van der Waals surface area contributed by atoms with Crippen LogP contribution in [-0.2, 0) is 11.2 Å². The second-order valence-corrected chi connectivity index (χ2v) is 9.25. The van der Waals surface area contributed by atoms with Crippen molar-refractivity contribution in [2.75, 3.05) is 82.1 Å². The highest BCUT2D eigenvalue weighted by molar-refractivity contribution is 5.90. The van der Waals surface area contributed by atoms with Gasteiger partial charge in [0.1, 0.15) is 17.2 Å². The third kappa shape index (κ3) is 8.63. The minimum atomic E-state index is -0.632. The summed E-state index contributed by atoms with van der Waals surface area (Å²) in [7, 11) is 3.35. The van der Waals surface area contributed by atoms with Crippen LogP contribution in [0.1, 0.15) is 16.2 Å². The molecule has 2 aromatic heterocycles. The summed E-state index contributed by atoms with van der Waals surface area (Å²) in [5.74, 6) is 1.60. The fourth-order valence-electron chi connectivity index (χ4n) is 4.35. The second kappa shape index (κ2) is 14.6. The Balaban J connectivity index is 1.15. The molecule has 218 valence electrons. The lowest BCUT2D eigenvalue weighted by atomic mass is 10.2. The molecular formula is C27H36N10O4. The Kier molecular flexibility index (Phi) is 10.4. The molecule has 0 radical (unpaired) electrons. The van der Waals surface area contributed by atoms with E-state index in [-0.39, 0.29) is 24.0 Å². The van der Waals surface area contributed by atoms with E-state index in [1.165, 1.54) is 12.3 Å². The molecule has 2 amide bonds. The number of nitrogens with two attached hydrogens (primary N) is 1. The molecule has 3 aromatic rings. The molecule has 0 spiro atoms. The van der Waals surface area contributed by atoms with Crippen molar-refractivity contribution in [3.63, 3.8) is 0 Å². The number of nitrogens with one attached hydrogen (secondary N) is 3. The molecule has 0 bridgehead atoms. The van der Waals surface area contributed by atoms with Crippen LogP contribution in [0, 0.1) is 0 Å². The number of amides is 2. The maximum atomic E-state index is 12.4. The summed E-state index contributed by atoms with van der Waals surface area (Å²) in [5.41, 5.74) is 7.00. The van der Waals surface area contributed by atoms with E-state index in [9.17, 15) is 9.59 Å². The molecule has 1 aliphatic rings. The van der Waals surface area contributed by atoms with Gasteiger partial charge in [-0.25, -0.2) is 19.9 Å². The molecule has 14 heteroatoms.